The predicted octanol–water partition coefficient (Wildman–Crippen LogP) is 2.90. The number of carbonyl (C=O) groups is 1. The van der Waals surface area contributed by atoms with Gasteiger partial charge in [-0.05, 0) is 42.9 Å². The van der Waals surface area contributed by atoms with Crippen LogP contribution in [0.15, 0.2) is 59.6 Å². The number of rotatable bonds is 6. The van der Waals surface area contributed by atoms with Gasteiger partial charge in [0.05, 0.1) is 12.8 Å². The minimum atomic E-state index is 0.0166. The van der Waals surface area contributed by atoms with E-state index in [0.29, 0.717) is 11.7 Å². The first-order valence-corrected chi connectivity index (χ1v) is 9.67. The van der Waals surface area contributed by atoms with Crippen LogP contribution in [0.4, 0.5) is 5.69 Å². The molecule has 3 rings (SSSR count). The van der Waals surface area contributed by atoms with Crippen LogP contribution in [-0.2, 0) is 11.2 Å². The summed E-state index contributed by atoms with van der Waals surface area (Å²) in [5, 5.41) is 2.99. The topological polar surface area (TPSA) is 80.0 Å². The van der Waals surface area contributed by atoms with Crippen molar-refractivity contribution in [2.24, 2.45) is 16.6 Å². The number of ether oxygens (including phenoxy) is 1. The van der Waals surface area contributed by atoms with E-state index < -0.39 is 0 Å². The van der Waals surface area contributed by atoms with E-state index in [1.165, 1.54) is 5.56 Å². The van der Waals surface area contributed by atoms with Gasteiger partial charge in [-0.3, -0.25) is 4.79 Å². The van der Waals surface area contributed by atoms with E-state index >= 15 is 0 Å². The van der Waals surface area contributed by atoms with E-state index in [-0.39, 0.29) is 18.4 Å². The van der Waals surface area contributed by atoms with Gasteiger partial charge in [0.15, 0.2) is 5.96 Å². The van der Waals surface area contributed by atoms with Crippen LogP contribution in [0.2, 0.25) is 0 Å². The van der Waals surface area contributed by atoms with E-state index in [0.717, 1.165) is 38.0 Å². The zero-order valence-electron chi connectivity index (χ0n) is 16.3. The normalized spacial score (nSPS) is 15.3. The summed E-state index contributed by atoms with van der Waals surface area (Å²) in [6.07, 6.45) is 3.13. The van der Waals surface area contributed by atoms with Crippen molar-refractivity contribution >= 4 is 17.6 Å². The van der Waals surface area contributed by atoms with Gasteiger partial charge in [-0.15, -0.1) is 0 Å². The molecule has 2 aromatic carbocycles. The Kier molecular flexibility index (Phi) is 6.89. The molecule has 1 aliphatic heterocycles. The number of amides is 1. The molecule has 2 aromatic rings. The second-order valence-electron chi connectivity index (χ2n) is 7.04. The molecule has 0 bridgehead atoms. The lowest BCUT2D eigenvalue weighted by molar-refractivity contribution is -0.130. The van der Waals surface area contributed by atoms with Gasteiger partial charge in [-0.2, -0.15) is 0 Å². The molecule has 0 aromatic heterocycles. The van der Waals surface area contributed by atoms with Gasteiger partial charge >= 0.3 is 0 Å². The van der Waals surface area contributed by atoms with Crippen molar-refractivity contribution in [3.8, 4) is 5.75 Å². The van der Waals surface area contributed by atoms with E-state index in [2.05, 4.69) is 34.6 Å². The summed E-state index contributed by atoms with van der Waals surface area (Å²) in [6, 6.07) is 18.0. The summed E-state index contributed by atoms with van der Waals surface area (Å²) < 4.78 is 5.27. The third-order valence-corrected chi connectivity index (χ3v) is 5.09. The van der Waals surface area contributed by atoms with Gasteiger partial charge in [0, 0.05) is 13.1 Å². The fourth-order valence-corrected chi connectivity index (χ4v) is 3.51. The Morgan fingerprint density at radius 3 is 2.54 bits per heavy atom. The minimum Gasteiger partial charge on any atom is -0.495 e. The fraction of sp³-hybridized carbons (Fsp3) is 0.364. The number of benzene rings is 2. The highest BCUT2D eigenvalue weighted by Gasteiger charge is 2.22. The van der Waals surface area contributed by atoms with Crippen molar-refractivity contribution in [1.29, 1.82) is 0 Å². The molecule has 1 aliphatic rings. The molecule has 0 radical (unpaired) electrons. The predicted molar refractivity (Wildman–Crippen MR) is 113 cm³/mol. The first kappa shape index (κ1) is 19.7. The maximum absolute atomic E-state index is 12.5. The van der Waals surface area contributed by atoms with Crippen molar-refractivity contribution in [3.05, 3.63) is 60.2 Å². The third kappa shape index (κ3) is 5.49. The number of guanidine groups is 1. The van der Waals surface area contributed by atoms with E-state index in [9.17, 15) is 4.79 Å². The number of nitrogens with one attached hydrogen (secondary N) is 1. The summed E-state index contributed by atoms with van der Waals surface area (Å²) in [5.41, 5.74) is 8.02. The standard InChI is InChI=1S/C22H28N4O2/c1-28-20-10-6-5-9-19(20)25-22(23)24-16-21(27)26-13-11-18(12-14-26)15-17-7-3-2-4-8-17/h2-10,18H,11-16H2,1H3,(H3,23,24,25). The van der Waals surface area contributed by atoms with Crippen molar-refractivity contribution < 1.29 is 9.53 Å². The molecule has 0 aliphatic carbocycles. The molecule has 1 saturated heterocycles. The van der Waals surface area contributed by atoms with Crippen LogP contribution in [-0.4, -0.2) is 43.5 Å². The van der Waals surface area contributed by atoms with Crippen LogP contribution >= 0.6 is 0 Å². The van der Waals surface area contributed by atoms with Crippen molar-refractivity contribution in [3.63, 3.8) is 0 Å². The van der Waals surface area contributed by atoms with Crippen LogP contribution < -0.4 is 15.8 Å². The number of para-hydroxylation sites is 2. The Bertz CT molecular complexity index is 799. The Hall–Kier alpha value is -3.02. The molecule has 1 amide bonds. The first-order chi connectivity index (χ1) is 13.7. The molecule has 6 nitrogen and oxygen atoms in total. The molecule has 0 unspecified atom stereocenters. The number of anilines is 1. The molecule has 148 valence electrons. The lowest BCUT2D eigenvalue weighted by Crippen LogP contribution is -2.40. The maximum atomic E-state index is 12.5. The third-order valence-electron chi connectivity index (χ3n) is 5.09. The average Bonchev–Trinajstić information content (AvgIpc) is 2.74. The van der Waals surface area contributed by atoms with Crippen LogP contribution in [0.3, 0.4) is 0 Å². The molecular formula is C22H28N4O2. The van der Waals surface area contributed by atoms with Gasteiger partial charge in [0.2, 0.25) is 5.91 Å². The van der Waals surface area contributed by atoms with Crippen LogP contribution in [0, 0.1) is 5.92 Å². The number of aliphatic imine (C=N–C) groups is 1. The molecule has 3 N–H and O–H groups in total. The SMILES string of the molecule is COc1ccccc1NC(N)=NCC(=O)N1CCC(Cc2ccccc2)CC1. The quantitative estimate of drug-likeness (QED) is 0.596. The number of nitrogens with zero attached hydrogens (tertiary/aromatic N) is 2. The smallest absolute Gasteiger partial charge is 0.244 e. The Morgan fingerprint density at radius 2 is 1.82 bits per heavy atom. The second-order valence-corrected chi connectivity index (χ2v) is 7.04. The van der Waals surface area contributed by atoms with Gasteiger partial charge in [-0.1, -0.05) is 42.5 Å². The summed E-state index contributed by atoms with van der Waals surface area (Å²) in [7, 11) is 1.60. The molecule has 1 heterocycles. The zero-order chi connectivity index (χ0) is 19.8. The fourth-order valence-electron chi connectivity index (χ4n) is 3.51. The lowest BCUT2D eigenvalue weighted by atomic mass is 9.90. The molecule has 0 atom stereocenters. The number of nitrogens with two attached hydrogens (primary N) is 1. The second kappa shape index (κ2) is 9.78. The molecule has 0 spiro atoms. The van der Waals surface area contributed by atoms with Crippen LogP contribution in [0.25, 0.3) is 0 Å². The van der Waals surface area contributed by atoms with Crippen molar-refractivity contribution in [1.82, 2.24) is 4.90 Å². The Balaban J connectivity index is 1.45. The molecule has 0 saturated carbocycles. The summed E-state index contributed by atoms with van der Waals surface area (Å²) >= 11 is 0. The molecule has 28 heavy (non-hydrogen) atoms. The summed E-state index contributed by atoms with van der Waals surface area (Å²) in [5.74, 6) is 1.53. The lowest BCUT2D eigenvalue weighted by Gasteiger charge is -2.31. The van der Waals surface area contributed by atoms with E-state index in [1.807, 2.05) is 35.2 Å². The van der Waals surface area contributed by atoms with Gasteiger partial charge < -0.3 is 20.7 Å². The van der Waals surface area contributed by atoms with Crippen LogP contribution in [0.5, 0.6) is 5.75 Å². The number of piperidine rings is 1. The number of likely N-dealkylation sites (tertiary alicyclic amines) is 1. The highest BCUT2D eigenvalue weighted by Crippen LogP contribution is 2.23. The Labute approximate surface area is 166 Å². The molecule has 6 heteroatoms. The Morgan fingerprint density at radius 1 is 1.14 bits per heavy atom. The highest BCUT2D eigenvalue weighted by molar-refractivity contribution is 5.95. The van der Waals surface area contributed by atoms with Gasteiger partial charge in [0.25, 0.3) is 0 Å². The molecular weight excluding hydrogens is 352 g/mol. The maximum Gasteiger partial charge on any atom is 0.244 e. The van der Waals surface area contributed by atoms with E-state index in [1.54, 1.807) is 7.11 Å². The largest absolute Gasteiger partial charge is 0.495 e. The number of hydrogen-bond donors (Lipinski definition) is 2. The summed E-state index contributed by atoms with van der Waals surface area (Å²) in [6.45, 7) is 1.62. The van der Waals surface area contributed by atoms with Crippen molar-refractivity contribution in [2.45, 2.75) is 19.3 Å². The van der Waals surface area contributed by atoms with Crippen LogP contribution in [0.1, 0.15) is 18.4 Å². The number of hydrogen-bond acceptors (Lipinski definition) is 3. The van der Waals surface area contributed by atoms with Crippen molar-refractivity contribution in [2.75, 3.05) is 32.1 Å². The number of carbonyl (C=O) groups excluding carboxylic acids is 1. The monoisotopic (exact) mass is 380 g/mol. The number of methoxy groups -OCH3 is 1. The van der Waals surface area contributed by atoms with E-state index in [4.69, 9.17) is 10.5 Å². The zero-order valence-corrected chi connectivity index (χ0v) is 16.3. The highest BCUT2D eigenvalue weighted by atomic mass is 16.5. The summed E-state index contributed by atoms with van der Waals surface area (Å²) in [4.78, 5) is 18.5. The molecule has 1 fully saturated rings. The first-order valence-electron chi connectivity index (χ1n) is 9.67. The van der Waals surface area contributed by atoms with Gasteiger partial charge in [0.1, 0.15) is 12.3 Å². The average molecular weight is 380 g/mol. The minimum absolute atomic E-state index is 0.0166. The van der Waals surface area contributed by atoms with Gasteiger partial charge in [-0.25, -0.2) is 4.99 Å².